The van der Waals surface area contributed by atoms with E-state index in [4.69, 9.17) is 4.42 Å². The number of hydrogen-bond donors (Lipinski definition) is 1. The Morgan fingerprint density at radius 2 is 1.67 bits per heavy atom. The van der Waals surface area contributed by atoms with E-state index in [0.29, 0.717) is 5.89 Å². The van der Waals surface area contributed by atoms with Crippen LogP contribution in [0.4, 0.5) is 0 Å². The van der Waals surface area contributed by atoms with Gasteiger partial charge in [0.2, 0.25) is 10.0 Å². The summed E-state index contributed by atoms with van der Waals surface area (Å²) in [6.45, 7) is 2.02. The summed E-state index contributed by atoms with van der Waals surface area (Å²) >= 11 is 0. The SMILES string of the molecule is Cc1nc2cc(-c3ccc(S(=O)(=O)NCc4ccncc4)cc3)ccc2o1. The predicted molar refractivity (Wildman–Crippen MR) is 102 cm³/mol. The molecule has 7 heteroatoms. The normalized spacial score (nSPS) is 11.7. The molecular formula is C20H17N3O3S. The standard InChI is InChI=1S/C20H17N3O3S/c1-14-23-19-12-17(4-7-20(19)26-14)16-2-5-18(6-3-16)27(24,25)22-13-15-8-10-21-11-9-15/h2-12,22H,13H2,1H3. The number of pyridine rings is 1. The third-order valence-corrected chi connectivity index (χ3v) is 5.63. The Hall–Kier alpha value is -3.03. The summed E-state index contributed by atoms with van der Waals surface area (Å²) in [5.41, 5.74) is 4.22. The van der Waals surface area contributed by atoms with Gasteiger partial charge in [0, 0.05) is 25.9 Å². The van der Waals surface area contributed by atoms with E-state index >= 15 is 0 Å². The van der Waals surface area contributed by atoms with Crippen LogP contribution in [0.2, 0.25) is 0 Å². The van der Waals surface area contributed by atoms with Gasteiger partial charge >= 0.3 is 0 Å². The summed E-state index contributed by atoms with van der Waals surface area (Å²) in [6.07, 6.45) is 3.26. The molecule has 0 fully saturated rings. The minimum Gasteiger partial charge on any atom is -0.441 e. The molecular weight excluding hydrogens is 362 g/mol. The second kappa shape index (κ2) is 6.94. The van der Waals surface area contributed by atoms with Crippen LogP contribution >= 0.6 is 0 Å². The highest BCUT2D eigenvalue weighted by molar-refractivity contribution is 7.89. The zero-order valence-electron chi connectivity index (χ0n) is 14.6. The topological polar surface area (TPSA) is 85.1 Å². The first-order valence-corrected chi connectivity index (χ1v) is 9.86. The molecule has 0 bridgehead atoms. The smallest absolute Gasteiger partial charge is 0.240 e. The van der Waals surface area contributed by atoms with E-state index in [-0.39, 0.29) is 11.4 Å². The molecule has 0 aliphatic heterocycles. The molecule has 27 heavy (non-hydrogen) atoms. The first kappa shape index (κ1) is 17.4. The minimum atomic E-state index is -3.59. The van der Waals surface area contributed by atoms with Crippen molar-refractivity contribution in [2.75, 3.05) is 0 Å². The van der Waals surface area contributed by atoms with Crippen molar-refractivity contribution in [1.29, 1.82) is 0 Å². The van der Waals surface area contributed by atoms with Gasteiger partial charge in [-0.1, -0.05) is 18.2 Å². The Kier molecular flexibility index (Phi) is 4.47. The molecule has 0 radical (unpaired) electrons. The lowest BCUT2D eigenvalue weighted by Gasteiger charge is -2.08. The number of aromatic nitrogens is 2. The lowest BCUT2D eigenvalue weighted by molar-refractivity contribution is 0.561. The highest BCUT2D eigenvalue weighted by atomic mass is 32.2. The van der Waals surface area contributed by atoms with Gasteiger partial charge in [0.05, 0.1) is 4.90 Å². The van der Waals surface area contributed by atoms with Gasteiger partial charge < -0.3 is 4.42 Å². The molecule has 0 aliphatic rings. The van der Waals surface area contributed by atoms with Crippen LogP contribution in [0.1, 0.15) is 11.5 Å². The van der Waals surface area contributed by atoms with E-state index in [9.17, 15) is 8.42 Å². The highest BCUT2D eigenvalue weighted by Crippen LogP contribution is 2.25. The third kappa shape index (κ3) is 3.74. The van der Waals surface area contributed by atoms with Gasteiger partial charge in [0.1, 0.15) is 5.52 Å². The van der Waals surface area contributed by atoms with Gasteiger partial charge in [-0.05, 0) is 53.1 Å². The molecule has 4 aromatic rings. The Morgan fingerprint density at radius 1 is 0.963 bits per heavy atom. The average Bonchev–Trinajstić information content (AvgIpc) is 3.06. The van der Waals surface area contributed by atoms with Crippen LogP contribution in [-0.4, -0.2) is 18.4 Å². The molecule has 4 rings (SSSR count). The molecule has 136 valence electrons. The van der Waals surface area contributed by atoms with E-state index in [1.807, 2.05) is 18.2 Å². The van der Waals surface area contributed by atoms with Crippen LogP contribution in [0.15, 0.2) is 76.3 Å². The zero-order valence-corrected chi connectivity index (χ0v) is 15.4. The van der Waals surface area contributed by atoms with E-state index in [2.05, 4.69) is 14.7 Å². The maximum atomic E-state index is 12.5. The molecule has 0 saturated heterocycles. The van der Waals surface area contributed by atoms with E-state index < -0.39 is 10.0 Å². The van der Waals surface area contributed by atoms with Crippen LogP contribution < -0.4 is 4.72 Å². The van der Waals surface area contributed by atoms with Crippen LogP contribution in [0.25, 0.3) is 22.2 Å². The molecule has 2 aromatic heterocycles. The van der Waals surface area contributed by atoms with Gasteiger partial charge in [0.25, 0.3) is 0 Å². The molecule has 0 saturated carbocycles. The van der Waals surface area contributed by atoms with Crippen molar-refractivity contribution in [3.63, 3.8) is 0 Å². The summed E-state index contributed by atoms with van der Waals surface area (Å²) < 4.78 is 33.0. The first-order chi connectivity index (χ1) is 13.0. The van der Waals surface area contributed by atoms with Crippen LogP contribution in [0.5, 0.6) is 0 Å². The van der Waals surface area contributed by atoms with E-state index in [0.717, 1.165) is 27.8 Å². The van der Waals surface area contributed by atoms with Crippen LogP contribution in [0, 0.1) is 6.92 Å². The van der Waals surface area contributed by atoms with Crippen molar-refractivity contribution in [2.45, 2.75) is 18.4 Å². The predicted octanol–water partition coefficient (Wildman–Crippen LogP) is 3.68. The lowest BCUT2D eigenvalue weighted by atomic mass is 10.1. The molecule has 2 heterocycles. The number of nitrogens with zero attached hydrogens (tertiary/aromatic N) is 2. The van der Waals surface area contributed by atoms with Crippen molar-refractivity contribution in [1.82, 2.24) is 14.7 Å². The Morgan fingerprint density at radius 3 is 2.41 bits per heavy atom. The number of oxazole rings is 1. The first-order valence-electron chi connectivity index (χ1n) is 8.37. The molecule has 6 nitrogen and oxygen atoms in total. The minimum absolute atomic E-state index is 0.217. The average molecular weight is 379 g/mol. The second-order valence-electron chi connectivity index (χ2n) is 6.12. The van der Waals surface area contributed by atoms with Crippen molar-refractivity contribution in [3.05, 3.63) is 78.4 Å². The van der Waals surface area contributed by atoms with E-state index in [1.54, 1.807) is 55.7 Å². The summed E-state index contributed by atoms with van der Waals surface area (Å²) in [5, 5.41) is 0. The van der Waals surface area contributed by atoms with E-state index in [1.165, 1.54) is 0 Å². The fraction of sp³-hybridized carbons (Fsp3) is 0.100. The Balaban J connectivity index is 1.55. The summed E-state index contributed by atoms with van der Waals surface area (Å²) in [6, 6.07) is 16.0. The monoisotopic (exact) mass is 379 g/mol. The quantitative estimate of drug-likeness (QED) is 0.572. The third-order valence-electron chi connectivity index (χ3n) is 4.21. The van der Waals surface area contributed by atoms with Gasteiger partial charge in [-0.3, -0.25) is 4.98 Å². The lowest BCUT2D eigenvalue weighted by Crippen LogP contribution is -2.23. The van der Waals surface area contributed by atoms with Gasteiger partial charge in [0.15, 0.2) is 11.5 Å². The largest absolute Gasteiger partial charge is 0.441 e. The maximum absolute atomic E-state index is 12.5. The molecule has 0 spiro atoms. The van der Waals surface area contributed by atoms with Crippen molar-refractivity contribution < 1.29 is 12.8 Å². The Labute approximate surface area is 157 Å². The summed E-state index contributed by atoms with van der Waals surface area (Å²) in [7, 11) is -3.59. The number of hydrogen-bond acceptors (Lipinski definition) is 5. The summed E-state index contributed by atoms with van der Waals surface area (Å²) in [4.78, 5) is 8.47. The second-order valence-corrected chi connectivity index (χ2v) is 7.89. The van der Waals surface area contributed by atoms with Crippen molar-refractivity contribution in [3.8, 4) is 11.1 Å². The van der Waals surface area contributed by atoms with Gasteiger partial charge in [-0.2, -0.15) is 0 Å². The van der Waals surface area contributed by atoms with Crippen LogP contribution in [-0.2, 0) is 16.6 Å². The zero-order chi connectivity index (χ0) is 18.9. The molecule has 1 N–H and O–H groups in total. The Bertz CT molecular complexity index is 1180. The summed E-state index contributed by atoms with van der Waals surface area (Å²) in [5.74, 6) is 0.615. The van der Waals surface area contributed by atoms with Crippen molar-refractivity contribution >= 4 is 21.1 Å². The molecule has 0 atom stereocenters. The highest BCUT2D eigenvalue weighted by Gasteiger charge is 2.14. The maximum Gasteiger partial charge on any atom is 0.240 e. The molecule has 0 unspecified atom stereocenters. The number of rotatable bonds is 5. The van der Waals surface area contributed by atoms with Crippen LogP contribution in [0.3, 0.4) is 0 Å². The number of nitrogens with one attached hydrogen (secondary N) is 1. The van der Waals surface area contributed by atoms with Gasteiger partial charge in [-0.25, -0.2) is 18.1 Å². The number of benzene rings is 2. The fourth-order valence-electron chi connectivity index (χ4n) is 2.81. The molecule has 2 aromatic carbocycles. The number of fused-ring (bicyclic) bond motifs is 1. The number of aryl methyl sites for hydroxylation is 1. The van der Waals surface area contributed by atoms with Crippen molar-refractivity contribution in [2.24, 2.45) is 0 Å². The number of sulfonamides is 1. The molecule has 0 amide bonds. The van der Waals surface area contributed by atoms with Gasteiger partial charge in [-0.15, -0.1) is 0 Å². The fourth-order valence-corrected chi connectivity index (χ4v) is 3.83. The molecule has 0 aliphatic carbocycles.